The summed E-state index contributed by atoms with van der Waals surface area (Å²) in [7, 11) is -2.14. The Bertz CT molecular complexity index is 1210. The molecule has 0 bridgehead atoms. The Labute approximate surface area is 193 Å². The molecule has 0 heterocycles. The number of carbonyl (C=O) groups excluding carboxylic acids is 2. The van der Waals surface area contributed by atoms with Crippen molar-refractivity contribution in [1.29, 1.82) is 0 Å². The predicted molar refractivity (Wildman–Crippen MR) is 126 cm³/mol. The van der Waals surface area contributed by atoms with Gasteiger partial charge in [-0.25, -0.2) is 8.42 Å². The summed E-state index contributed by atoms with van der Waals surface area (Å²) in [4.78, 5) is 23.5. The molecule has 2 amide bonds. The van der Waals surface area contributed by atoms with E-state index in [1.54, 1.807) is 24.3 Å². The largest absolute Gasteiger partial charge is 0.484 e. The molecule has 0 saturated heterocycles. The Balaban J connectivity index is 1.56. The van der Waals surface area contributed by atoms with E-state index in [0.717, 1.165) is 5.56 Å². The molecule has 3 aromatic rings. The first-order valence-corrected chi connectivity index (χ1v) is 11.6. The first kappa shape index (κ1) is 24.0. The van der Waals surface area contributed by atoms with Crippen molar-refractivity contribution in [2.24, 2.45) is 0 Å². The van der Waals surface area contributed by atoms with Crippen molar-refractivity contribution in [1.82, 2.24) is 4.31 Å². The molecule has 0 aliphatic rings. The third-order valence-corrected chi connectivity index (χ3v) is 6.43. The smallest absolute Gasteiger partial charge is 0.262 e. The van der Waals surface area contributed by atoms with Gasteiger partial charge in [-0.15, -0.1) is 0 Å². The van der Waals surface area contributed by atoms with Crippen LogP contribution in [0.1, 0.15) is 12.5 Å². The highest BCUT2D eigenvalue weighted by Crippen LogP contribution is 2.20. The first-order chi connectivity index (χ1) is 15.7. The normalized spacial score (nSPS) is 11.1. The topological polar surface area (TPSA) is 105 Å². The summed E-state index contributed by atoms with van der Waals surface area (Å²) in [6.07, 6.45) is 0. The Morgan fingerprint density at radius 1 is 0.879 bits per heavy atom. The number of benzene rings is 3. The van der Waals surface area contributed by atoms with Gasteiger partial charge in [-0.05, 0) is 48.0 Å². The number of anilines is 2. The maximum absolute atomic E-state index is 12.8. The molecule has 8 nitrogen and oxygen atoms in total. The number of carbonyl (C=O) groups is 2. The molecule has 0 spiro atoms. The fourth-order valence-corrected chi connectivity index (χ4v) is 4.20. The van der Waals surface area contributed by atoms with Gasteiger partial charge in [-0.1, -0.05) is 36.4 Å². The van der Waals surface area contributed by atoms with Crippen molar-refractivity contribution in [3.63, 3.8) is 0 Å². The van der Waals surface area contributed by atoms with Gasteiger partial charge in [0.15, 0.2) is 6.61 Å². The van der Waals surface area contributed by atoms with E-state index >= 15 is 0 Å². The van der Waals surface area contributed by atoms with Gasteiger partial charge in [0.1, 0.15) is 5.75 Å². The van der Waals surface area contributed by atoms with E-state index in [1.807, 2.05) is 30.3 Å². The summed E-state index contributed by atoms with van der Waals surface area (Å²) in [5.74, 6) is -0.241. The van der Waals surface area contributed by atoms with E-state index in [4.69, 9.17) is 4.74 Å². The highest BCUT2D eigenvalue weighted by atomic mass is 32.2. The van der Waals surface area contributed by atoms with Crippen molar-refractivity contribution >= 4 is 33.2 Å². The number of amides is 2. The highest BCUT2D eigenvalue weighted by Gasteiger charge is 2.21. The van der Waals surface area contributed by atoms with Crippen molar-refractivity contribution < 1.29 is 22.7 Å². The molecule has 3 rings (SSSR count). The number of nitrogens with one attached hydrogen (secondary N) is 2. The second kappa shape index (κ2) is 10.8. The molecule has 0 saturated carbocycles. The number of sulfonamides is 1. The summed E-state index contributed by atoms with van der Waals surface area (Å²) >= 11 is 0. The van der Waals surface area contributed by atoms with Gasteiger partial charge in [0.05, 0.1) is 4.90 Å². The zero-order valence-corrected chi connectivity index (χ0v) is 19.1. The fourth-order valence-electron chi connectivity index (χ4n) is 3.04. The number of nitrogens with zero attached hydrogens (tertiary/aromatic N) is 1. The molecule has 9 heteroatoms. The summed E-state index contributed by atoms with van der Waals surface area (Å²) in [5.41, 5.74) is 1.96. The lowest BCUT2D eigenvalue weighted by Gasteiger charge is -2.17. The molecule has 172 valence electrons. The summed E-state index contributed by atoms with van der Waals surface area (Å²) in [6, 6.07) is 22.0. The van der Waals surface area contributed by atoms with Gasteiger partial charge >= 0.3 is 0 Å². The minimum absolute atomic E-state index is 0.132. The molecular weight excluding hydrogens is 442 g/mol. The predicted octanol–water partition coefficient (Wildman–Crippen LogP) is 3.48. The van der Waals surface area contributed by atoms with Crippen LogP contribution in [0.3, 0.4) is 0 Å². The SMILES string of the molecule is CC(=O)Nc1cccc(NC(=O)COc2ccc(S(=O)(=O)N(C)Cc3ccccc3)cc2)c1. The molecule has 0 unspecified atom stereocenters. The van der Waals surface area contributed by atoms with E-state index in [9.17, 15) is 18.0 Å². The Hall–Kier alpha value is -3.69. The lowest BCUT2D eigenvalue weighted by atomic mass is 10.2. The first-order valence-electron chi connectivity index (χ1n) is 10.1. The van der Waals surface area contributed by atoms with Crippen molar-refractivity contribution in [2.75, 3.05) is 24.3 Å². The van der Waals surface area contributed by atoms with Gasteiger partial charge in [0.25, 0.3) is 5.91 Å². The summed E-state index contributed by atoms with van der Waals surface area (Å²) in [5, 5.41) is 5.32. The number of ether oxygens (including phenoxy) is 1. The van der Waals surface area contributed by atoms with E-state index in [1.165, 1.54) is 42.5 Å². The average molecular weight is 468 g/mol. The van der Waals surface area contributed by atoms with Crippen LogP contribution in [0, 0.1) is 0 Å². The lowest BCUT2D eigenvalue weighted by Crippen LogP contribution is -2.26. The van der Waals surface area contributed by atoms with Crippen LogP contribution in [0.2, 0.25) is 0 Å². The van der Waals surface area contributed by atoms with E-state index in [0.29, 0.717) is 17.1 Å². The van der Waals surface area contributed by atoms with E-state index in [-0.39, 0.29) is 24.0 Å². The average Bonchev–Trinajstić information content (AvgIpc) is 2.78. The van der Waals surface area contributed by atoms with Crippen LogP contribution >= 0.6 is 0 Å². The fraction of sp³-hybridized carbons (Fsp3) is 0.167. The number of hydrogen-bond acceptors (Lipinski definition) is 5. The molecule has 0 aromatic heterocycles. The van der Waals surface area contributed by atoms with Crippen LogP contribution in [-0.2, 0) is 26.2 Å². The van der Waals surface area contributed by atoms with Crippen LogP contribution in [-0.4, -0.2) is 38.2 Å². The molecular formula is C24H25N3O5S. The van der Waals surface area contributed by atoms with Crippen LogP contribution in [0.25, 0.3) is 0 Å². The molecule has 0 aliphatic carbocycles. The van der Waals surface area contributed by atoms with Crippen molar-refractivity contribution in [2.45, 2.75) is 18.4 Å². The second-order valence-corrected chi connectivity index (χ2v) is 9.36. The van der Waals surface area contributed by atoms with Gasteiger partial charge in [-0.3, -0.25) is 9.59 Å². The molecule has 0 atom stereocenters. The minimum Gasteiger partial charge on any atom is -0.484 e. The third-order valence-electron chi connectivity index (χ3n) is 4.62. The molecule has 0 radical (unpaired) electrons. The Morgan fingerprint density at radius 2 is 1.52 bits per heavy atom. The third kappa shape index (κ3) is 6.90. The van der Waals surface area contributed by atoms with Gasteiger partial charge in [0.2, 0.25) is 15.9 Å². The Morgan fingerprint density at radius 3 is 2.15 bits per heavy atom. The van der Waals surface area contributed by atoms with Gasteiger partial charge in [-0.2, -0.15) is 4.31 Å². The maximum atomic E-state index is 12.8. The zero-order valence-electron chi connectivity index (χ0n) is 18.3. The monoisotopic (exact) mass is 467 g/mol. The van der Waals surface area contributed by atoms with Crippen molar-refractivity contribution in [3.8, 4) is 5.75 Å². The molecule has 3 aromatic carbocycles. The standard InChI is InChI=1S/C24H25N3O5S/c1-18(28)25-20-9-6-10-21(15-20)26-24(29)17-32-22-11-13-23(14-12-22)33(30,31)27(2)16-19-7-4-3-5-8-19/h3-15H,16-17H2,1-2H3,(H,25,28)(H,26,29). The van der Waals surface area contributed by atoms with Crippen LogP contribution in [0.5, 0.6) is 5.75 Å². The van der Waals surface area contributed by atoms with E-state index in [2.05, 4.69) is 10.6 Å². The highest BCUT2D eigenvalue weighted by molar-refractivity contribution is 7.89. The second-order valence-electron chi connectivity index (χ2n) is 7.32. The van der Waals surface area contributed by atoms with Crippen LogP contribution in [0.15, 0.2) is 83.8 Å². The molecule has 0 fully saturated rings. The van der Waals surface area contributed by atoms with Gasteiger partial charge in [0, 0.05) is 31.9 Å². The summed E-state index contributed by atoms with van der Waals surface area (Å²) < 4.78 is 32.4. The molecule has 33 heavy (non-hydrogen) atoms. The van der Waals surface area contributed by atoms with Gasteiger partial charge < -0.3 is 15.4 Å². The summed E-state index contributed by atoms with van der Waals surface area (Å²) in [6.45, 7) is 1.39. The maximum Gasteiger partial charge on any atom is 0.262 e. The number of rotatable bonds is 9. The molecule has 2 N–H and O–H groups in total. The van der Waals surface area contributed by atoms with E-state index < -0.39 is 15.9 Å². The van der Waals surface area contributed by atoms with Crippen LogP contribution < -0.4 is 15.4 Å². The van der Waals surface area contributed by atoms with Crippen LogP contribution in [0.4, 0.5) is 11.4 Å². The van der Waals surface area contributed by atoms with Crippen molar-refractivity contribution in [3.05, 3.63) is 84.4 Å². The quantitative estimate of drug-likeness (QED) is 0.501. The lowest BCUT2D eigenvalue weighted by molar-refractivity contribution is -0.118. The number of hydrogen-bond donors (Lipinski definition) is 2. The Kier molecular flexibility index (Phi) is 7.81. The zero-order chi connectivity index (χ0) is 23.8. The minimum atomic E-state index is -3.67. The molecule has 0 aliphatic heterocycles.